The monoisotopic (exact) mass is 302 g/mol. The first kappa shape index (κ1) is 13.4. The summed E-state index contributed by atoms with van der Waals surface area (Å²) in [6.07, 6.45) is 2.23. The molecule has 0 spiro atoms. The van der Waals surface area contributed by atoms with Gasteiger partial charge in [0.1, 0.15) is 0 Å². The molecule has 2 aliphatic rings. The van der Waals surface area contributed by atoms with Gasteiger partial charge in [0.2, 0.25) is 0 Å². The predicted molar refractivity (Wildman–Crippen MR) is 94.6 cm³/mol. The zero-order chi connectivity index (χ0) is 15.6. The number of hydrogen-bond acceptors (Lipinski definition) is 1. The minimum atomic E-state index is 0.0698. The van der Waals surface area contributed by atoms with Gasteiger partial charge in [-0.3, -0.25) is 4.90 Å². The molecule has 2 atom stereocenters. The Labute approximate surface area is 137 Å². The van der Waals surface area contributed by atoms with E-state index in [-0.39, 0.29) is 5.54 Å². The summed E-state index contributed by atoms with van der Waals surface area (Å²) in [7, 11) is 0. The molecular formula is C21H22N2. The zero-order valence-corrected chi connectivity index (χ0v) is 13.8. The van der Waals surface area contributed by atoms with E-state index in [9.17, 15) is 0 Å². The number of benzene rings is 2. The summed E-state index contributed by atoms with van der Waals surface area (Å²) in [4.78, 5) is 6.47. The average Bonchev–Trinajstić information content (AvgIpc) is 2.95. The van der Waals surface area contributed by atoms with Gasteiger partial charge in [0.05, 0.1) is 5.54 Å². The van der Waals surface area contributed by atoms with E-state index in [1.54, 1.807) is 0 Å². The fourth-order valence-corrected chi connectivity index (χ4v) is 4.99. The van der Waals surface area contributed by atoms with Crippen molar-refractivity contribution in [3.8, 4) is 0 Å². The van der Waals surface area contributed by atoms with E-state index >= 15 is 0 Å². The highest BCUT2D eigenvalue weighted by Gasteiger charge is 2.46. The normalized spacial score (nSPS) is 26.6. The summed E-state index contributed by atoms with van der Waals surface area (Å²) in [5.41, 5.74) is 7.33. The van der Waals surface area contributed by atoms with Crippen LogP contribution in [0.1, 0.15) is 42.3 Å². The number of para-hydroxylation sites is 1. The lowest BCUT2D eigenvalue weighted by molar-refractivity contribution is 0.0329. The standard InChI is InChI=1S/C21H22N2/c1-14-16-8-4-3-7-15(16)13-21(2)20-18(11-12-23(14)21)17-9-5-6-10-19(17)22-20/h3-10,14,22H,11-13H2,1-2H3. The lowest BCUT2D eigenvalue weighted by atomic mass is 9.75. The molecule has 23 heavy (non-hydrogen) atoms. The molecule has 0 amide bonds. The van der Waals surface area contributed by atoms with Crippen LogP contribution >= 0.6 is 0 Å². The van der Waals surface area contributed by atoms with E-state index in [2.05, 4.69) is 72.3 Å². The van der Waals surface area contributed by atoms with Crippen molar-refractivity contribution >= 4 is 10.9 Å². The van der Waals surface area contributed by atoms with Crippen molar-refractivity contribution < 1.29 is 0 Å². The first-order valence-electron chi connectivity index (χ1n) is 8.63. The third-order valence-electron chi connectivity index (χ3n) is 6.10. The Bertz CT molecular complexity index is 907. The fourth-order valence-electron chi connectivity index (χ4n) is 4.99. The predicted octanol–water partition coefficient (Wildman–Crippen LogP) is 4.56. The van der Waals surface area contributed by atoms with E-state index in [0.717, 1.165) is 19.4 Å². The number of aromatic amines is 1. The molecule has 1 aromatic heterocycles. The lowest BCUT2D eigenvalue weighted by Crippen LogP contribution is -2.53. The van der Waals surface area contributed by atoms with Gasteiger partial charge in [0.15, 0.2) is 0 Å². The van der Waals surface area contributed by atoms with E-state index in [1.165, 1.54) is 33.3 Å². The molecule has 3 heterocycles. The van der Waals surface area contributed by atoms with Gasteiger partial charge in [-0.1, -0.05) is 42.5 Å². The fraction of sp³-hybridized carbons (Fsp3) is 0.333. The van der Waals surface area contributed by atoms with Crippen LogP contribution in [0.2, 0.25) is 0 Å². The number of rotatable bonds is 0. The SMILES string of the molecule is CC1c2ccccc2CC2(C)c3[nH]c4ccccc4c3CCN12. The molecule has 2 aliphatic heterocycles. The highest BCUT2D eigenvalue weighted by molar-refractivity contribution is 5.85. The van der Waals surface area contributed by atoms with Gasteiger partial charge in [-0.25, -0.2) is 0 Å². The average molecular weight is 302 g/mol. The molecule has 5 rings (SSSR count). The maximum atomic E-state index is 3.77. The van der Waals surface area contributed by atoms with Crippen LogP contribution in [-0.4, -0.2) is 16.4 Å². The smallest absolute Gasteiger partial charge is 0.0631 e. The number of H-pyrrole nitrogens is 1. The molecule has 116 valence electrons. The maximum Gasteiger partial charge on any atom is 0.0631 e. The molecule has 0 saturated carbocycles. The molecule has 0 fully saturated rings. The maximum absolute atomic E-state index is 3.77. The van der Waals surface area contributed by atoms with Crippen LogP contribution in [0.5, 0.6) is 0 Å². The molecule has 3 aromatic rings. The number of nitrogens with zero attached hydrogens (tertiary/aromatic N) is 1. The Morgan fingerprint density at radius 1 is 1.09 bits per heavy atom. The molecule has 2 aromatic carbocycles. The highest BCUT2D eigenvalue weighted by atomic mass is 15.2. The zero-order valence-electron chi connectivity index (χ0n) is 13.8. The summed E-state index contributed by atoms with van der Waals surface area (Å²) >= 11 is 0. The van der Waals surface area contributed by atoms with Crippen LogP contribution in [0.3, 0.4) is 0 Å². The van der Waals surface area contributed by atoms with E-state index in [4.69, 9.17) is 0 Å². The van der Waals surface area contributed by atoms with Crippen LogP contribution < -0.4 is 0 Å². The molecule has 2 nitrogen and oxygen atoms in total. The number of aromatic nitrogens is 1. The van der Waals surface area contributed by atoms with Crippen LogP contribution in [0.4, 0.5) is 0 Å². The number of fused-ring (bicyclic) bond motifs is 6. The van der Waals surface area contributed by atoms with Crippen molar-refractivity contribution in [3.63, 3.8) is 0 Å². The van der Waals surface area contributed by atoms with Crippen LogP contribution in [0.15, 0.2) is 48.5 Å². The van der Waals surface area contributed by atoms with Gasteiger partial charge in [0.25, 0.3) is 0 Å². The van der Waals surface area contributed by atoms with Gasteiger partial charge in [-0.05, 0) is 49.4 Å². The Morgan fingerprint density at radius 3 is 2.78 bits per heavy atom. The summed E-state index contributed by atoms with van der Waals surface area (Å²) < 4.78 is 0. The molecular weight excluding hydrogens is 280 g/mol. The van der Waals surface area contributed by atoms with Gasteiger partial charge >= 0.3 is 0 Å². The first-order valence-corrected chi connectivity index (χ1v) is 8.63. The van der Waals surface area contributed by atoms with E-state index < -0.39 is 0 Å². The van der Waals surface area contributed by atoms with Crippen LogP contribution in [0.25, 0.3) is 10.9 Å². The number of hydrogen-bond donors (Lipinski definition) is 1. The summed E-state index contributed by atoms with van der Waals surface area (Å²) in [5, 5.41) is 1.41. The minimum Gasteiger partial charge on any atom is -0.357 e. The van der Waals surface area contributed by atoms with Crippen LogP contribution in [0, 0.1) is 0 Å². The molecule has 0 bridgehead atoms. The lowest BCUT2D eigenvalue weighted by Gasteiger charge is -2.52. The second-order valence-corrected chi connectivity index (χ2v) is 7.29. The Kier molecular flexibility index (Phi) is 2.61. The van der Waals surface area contributed by atoms with E-state index in [0.29, 0.717) is 6.04 Å². The molecule has 0 saturated heterocycles. The molecule has 0 radical (unpaired) electrons. The Balaban J connectivity index is 1.75. The van der Waals surface area contributed by atoms with Crippen molar-refractivity contribution in [2.75, 3.05) is 6.54 Å². The second-order valence-electron chi connectivity index (χ2n) is 7.29. The van der Waals surface area contributed by atoms with Crippen LogP contribution in [-0.2, 0) is 18.4 Å². The molecule has 1 N–H and O–H groups in total. The van der Waals surface area contributed by atoms with Gasteiger partial charge in [-0.2, -0.15) is 0 Å². The number of nitrogens with one attached hydrogen (secondary N) is 1. The van der Waals surface area contributed by atoms with Crippen molar-refractivity contribution in [1.82, 2.24) is 9.88 Å². The van der Waals surface area contributed by atoms with Crippen molar-refractivity contribution in [1.29, 1.82) is 0 Å². The Morgan fingerprint density at radius 2 is 1.87 bits per heavy atom. The molecule has 0 aliphatic carbocycles. The second kappa shape index (κ2) is 4.48. The quantitative estimate of drug-likeness (QED) is 0.645. The van der Waals surface area contributed by atoms with Gasteiger partial charge in [0, 0.05) is 29.2 Å². The molecule has 2 heteroatoms. The summed E-state index contributed by atoms with van der Waals surface area (Å²) in [5.74, 6) is 0. The third-order valence-corrected chi connectivity index (χ3v) is 6.10. The largest absolute Gasteiger partial charge is 0.357 e. The summed E-state index contributed by atoms with van der Waals surface area (Å²) in [6.45, 7) is 5.93. The van der Waals surface area contributed by atoms with Gasteiger partial charge < -0.3 is 4.98 Å². The van der Waals surface area contributed by atoms with Crippen molar-refractivity contribution in [3.05, 3.63) is 70.9 Å². The minimum absolute atomic E-state index is 0.0698. The van der Waals surface area contributed by atoms with Crippen molar-refractivity contribution in [2.45, 2.75) is 38.3 Å². The third kappa shape index (κ3) is 1.67. The topological polar surface area (TPSA) is 19.0 Å². The molecule has 2 unspecified atom stereocenters. The van der Waals surface area contributed by atoms with E-state index in [1.807, 2.05) is 0 Å². The van der Waals surface area contributed by atoms with Crippen molar-refractivity contribution in [2.24, 2.45) is 0 Å². The van der Waals surface area contributed by atoms with Gasteiger partial charge in [-0.15, -0.1) is 0 Å². The Hall–Kier alpha value is -2.06. The first-order chi connectivity index (χ1) is 11.2. The summed E-state index contributed by atoms with van der Waals surface area (Å²) in [6, 6.07) is 18.2. The highest BCUT2D eigenvalue weighted by Crippen LogP contribution is 2.48.